The van der Waals surface area contributed by atoms with Crippen molar-refractivity contribution >= 4 is 11.6 Å². The standard InChI is InChI=1S/C55H108O2/c1-3-5-7-9-11-13-15-17-19-21-23-25-27-29-31-33-35-37-39-41-43-45-47-49-51-54(56)53-55(57)52-50-48-46-44-42-40-38-36-34-32-30-28-26-24-22-20-18-16-14-12-10-8-6-4-2/h3-53H2,1-2H3. The number of hydrogen-bond acceptors (Lipinski definition) is 2. The smallest absolute Gasteiger partial charge is 0.140 e. The number of ketones is 2. The molecule has 2 heteroatoms. The maximum atomic E-state index is 12.3. The molecule has 0 saturated carbocycles. The van der Waals surface area contributed by atoms with Gasteiger partial charge in [0.15, 0.2) is 0 Å². The monoisotopic (exact) mass is 801 g/mol. The van der Waals surface area contributed by atoms with Gasteiger partial charge in [-0.25, -0.2) is 0 Å². The van der Waals surface area contributed by atoms with Crippen LogP contribution in [0, 0.1) is 0 Å². The van der Waals surface area contributed by atoms with Gasteiger partial charge in [-0.3, -0.25) is 9.59 Å². The Hall–Kier alpha value is -0.660. The van der Waals surface area contributed by atoms with E-state index in [2.05, 4.69) is 13.8 Å². The van der Waals surface area contributed by atoms with E-state index in [1.165, 1.54) is 283 Å². The van der Waals surface area contributed by atoms with Crippen LogP contribution in [0.5, 0.6) is 0 Å². The first kappa shape index (κ1) is 56.3. The summed E-state index contributed by atoms with van der Waals surface area (Å²) in [4.78, 5) is 24.6. The van der Waals surface area contributed by atoms with Gasteiger partial charge in [-0.15, -0.1) is 0 Å². The molecular weight excluding hydrogens is 693 g/mol. The molecule has 0 radical (unpaired) electrons. The molecule has 0 aliphatic carbocycles. The highest BCUT2D eigenvalue weighted by Gasteiger charge is 2.09. The Bertz CT molecular complexity index is 696. The van der Waals surface area contributed by atoms with E-state index in [1.54, 1.807) is 0 Å². The van der Waals surface area contributed by atoms with Crippen LogP contribution < -0.4 is 0 Å². The Morgan fingerprint density at radius 3 is 0.456 bits per heavy atom. The molecule has 0 heterocycles. The Morgan fingerprint density at radius 1 is 0.193 bits per heavy atom. The third kappa shape index (κ3) is 51.4. The van der Waals surface area contributed by atoms with Gasteiger partial charge in [0.05, 0.1) is 6.42 Å². The predicted octanol–water partition coefficient (Wildman–Crippen LogP) is 20.1. The topological polar surface area (TPSA) is 34.1 Å². The first-order chi connectivity index (χ1) is 28.2. The van der Waals surface area contributed by atoms with Gasteiger partial charge < -0.3 is 0 Å². The van der Waals surface area contributed by atoms with Crippen LogP contribution in [-0.2, 0) is 9.59 Å². The number of Topliss-reactive ketones (excluding diaryl/α,β-unsaturated/α-hetero) is 2. The molecule has 0 fully saturated rings. The molecule has 0 aliphatic rings. The highest BCUT2D eigenvalue weighted by Crippen LogP contribution is 2.18. The van der Waals surface area contributed by atoms with Crippen molar-refractivity contribution in [2.45, 2.75) is 341 Å². The summed E-state index contributed by atoms with van der Waals surface area (Å²) in [5.41, 5.74) is 0. The van der Waals surface area contributed by atoms with Gasteiger partial charge in [0.2, 0.25) is 0 Å². The molecule has 0 spiro atoms. The maximum Gasteiger partial charge on any atom is 0.140 e. The van der Waals surface area contributed by atoms with Crippen molar-refractivity contribution in [3.05, 3.63) is 0 Å². The van der Waals surface area contributed by atoms with Gasteiger partial charge in [-0.1, -0.05) is 309 Å². The van der Waals surface area contributed by atoms with Crippen LogP contribution in [-0.4, -0.2) is 11.6 Å². The molecule has 0 saturated heterocycles. The average Bonchev–Trinajstić information content (AvgIpc) is 3.21. The van der Waals surface area contributed by atoms with Crippen molar-refractivity contribution in [1.29, 1.82) is 0 Å². The summed E-state index contributed by atoms with van der Waals surface area (Å²) in [6.45, 7) is 4.60. The minimum absolute atomic E-state index is 0.183. The molecular formula is C55H108O2. The van der Waals surface area contributed by atoms with Crippen molar-refractivity contribution in [2.24, 2.45) is 0 Å². The second-order valence-corrected chi connectivity index (χ2v) is 19.0. The molecule has 0 amide bonds. The molecule has 340 valence electrons. The van der Waals surface area contributed by atoms with Gasteiger partial charge in [0.25, 0.3) is 0 Å². The zero-order valence-electron chi connectivity index (χ0n) is 39.9. The Balaban J connectivity index is 3.23. The van der Waals surface area contributed by atoms with E-state index >= 15 is 0 Å². The van der Waals surface area contributed by atoms with E-state index in [4.69, 9.17) is 0 Å². The highest BCUT2D eigenvalue weighted by molar-refractivity contribution is 5.98. The molecule has 0 unspecified atom stereocenters. The van der Waals surface area contributed by atoms with Crippen molar-refractivity contribution < 1.29 is 9.59 Å². The van der Waals surface area contributed by atoms with Crippen LogP contribution in [0.15, 0.2) is 0 Å². The number of carbonyl (C=O) groups is 2. The van der Waals surface area contributed by atoms with Crippen LogP contribution in [0.2, 0.25) is 0 Å². The van der Waals surface area contributed by atoms with Crippen molar-refractivity contribution in [2.75, 3.05) is 0 Å². The molecule has 0 aliphatic heterocycles. The van der Waals surface area contributed by atoms with E-state index in [-0.39, 0.29) is 18.0 Å². The summed E-state index contributed by atoms with van der Waals surface area (Å²) < 4.78 is 0. The first-order valence-electron chi connectivity index (χ1n) is 27.2. The fraction of sp³-hybridized carbons (Fsp3) is 0.964. The lowest BCUT2D eigenvalue weighted by Crippen LogP contribution is -2.07. The lowest BCUT2D eigenvalue weighted by Gasteiger charge is -2.05. The molecule has 2 nitrogen and oxygen atoms in total. The number of unbranched alkanes of at least 4 members (excludes halogenated alkanes) is 46. The molecule has 0 aromatic rings. The molecule has 0 rings (SSSR count). The van der Waals surface area contributed by atoms with Crippen LogP contribution in [0.25, 0.3) is 0 Å². The predicted molar refractivity (Wildman–Crippen MR) is 257 cm³/mol. The molecule has 57 heavy (non-hydrogen) atoms. The van der Waals surface area contributed by atoms with E-state index in [9.17, 15) is 9.59 Å². The lowest BCUT2D eigenvalue weighted by molar-refractivity contribution is -0.127. The normalized spacial score (nSPS) is 11.5. The molecule has 0 aromatic carbocycles. The quantitative estimate of drug-likeness (QED) is 0.0454. The van der Waals surface area contributed by atoms with Crippen LogP contribution in [0.1, 0.15) is 341 Å². The number of carbonyl (C=O) groups excluding carboxylic acids is 2. The maximum absolute atomic E-state index is 12.3. The molecule has 0 bridgehead atoms. The average molecular weight is 801 g/mol. The first-order valence-corrected chi connectivity index (χ1v) is 27.2. The van der Waals surface area contributed by atoms with E-state index in [1.807, 2.05) is 0 Å². The Kier molecular flexibility index (Phi) is 50.9. The fourth-order valence-corrected chi connectivity index (χ4v) is 8.97. The fourth-order valence-electron chi connectivity index (χ4n) is 8.97. The van der Waals surface area contributed by atoms with E-state index in [0.717, 1.165) is 25.7 Å². The summed E-state index contributed by atoms with van der Waals surface area (Å²) in [6.07, 6.45) is 68.3. The SMILES string of the molecule is CCCCCCCCCCCCCCCCCCCCCCCCCCC(=O)CC(=O)CCCCCCCCCCCCCCCCCCCCCCCCCC. The van der Waals surface area contributed by atoms with Crippen LogP contribution >= 0.6 is 0 Å². The largest absolute Gasteiger partial charge is 0.299 e. The minimum atomic E-state index is 0.183. The van der Waals surface area contributed by atoms with Gasteiger partial charge in [-0.05, 0) is 12.8 Å². The summed E-state index contributed by atoms with van der Waals surface area (Å²) in [7, 11) is 0. The van der Waals surface area contributed by atoms with Gasteiger partial charge in [0.1, 0.15) is 11.6 Å². The summed E-state index contributed by atoms with van der Waals surface area (Å²) in [6, 6.07) is 0. The van der Waals surface area contributed by atoms with E-state index in [0.29, 0.717) is 12.8 Å². The lowest BCUT2D eigenvalue weighted by atomic mass is 10.0. The zero-order chi connectivity index (χ0) is 41.2. The van der Waals surface area contributed by atoms with Crippen LogP contribution in [0.4, 0.5) is 0 Å². The van der Waals surface area contributed by atoms with Crippen molar-refractivity contribution in [3.63, 3.8) is 0 Å². The Labute approximate surface area is 361 Å². The van der Waals surface area contributed by atoms with Gasteiger partial charge >= 0.3 is 0 Å². The molecule has 0 aromatic heterocycles. The number of rotatable bonds is 52. The third-order valence-electron chi connectivity index (χ3n) is 13.0. The van der Waals surface area contributed by atoms with Gasteiger partial charge in [-0.2, -0.15) is 0 Å². The van der Waals surface area contributed by atoms with E-state index < -0.39 is 0 Å². The van der Waals surface area contributed by atoms with Crippen molar-refractivity contribution in [3.8, 4) is 0 Å². The molecule has 0 N–H and O–H groups in total. The minimum Gasteiger partial charge on any atom is -0.299 e. The van der Waals surface area contributed by atoms with Crippen LogP contribution in [0.3, 0.4) is 0 Å². The summed E-state index contributed by atoms with van der Waals surface area (Å²) >= 11 is 0. The zero-order valence-corrected chi connectivity index (χ0v) is 39.9. The molecule has 0 atom stereocenters. The Morgan fingerprint density at radius 2 is 0.316 bits per heavy atom. The number of hydrogen-bond donors (Lipinski definition) is 0. The highest BCUT2D eigenvalue weighted by atomic mass is 16.1. The summed E-state index contributed by atoms with van der Waals surface area (Å²) in [5, 5.41) is 0. The van der Waals surface area contributed by atoms with Gasteiger partial charge in [0, 0.05) is 12.8 Å². The second-order valence-electron chi connectivity index (χ2n) is 19.0. The second kappa shape index (κ2) is 51.5. The summed E-state index contributed by atoms with van der Waals surface area (Å²) in [5.74, 6) is 0.367. The third-order valence-corrected chi connectivity index (χ3v) is 13.0. The van der Waals surface area contributed by atoms with Crippen molar-refractivity contribution in [1.82, 2.24) is 0 Å².